The molecule has 6 heteroatoms. The van der Waals surface area contributed by atoms with Crippen LogP contribution in [0.2, 0.25) is 0 Å². The van der Waals surface area contributed by atoms with Gasteiger partial charge in [0.05, 0.1) is 0 Å². The fourth-order valence-corrected chi connectivity index (χ4v) is 2.65. The first-order chi connectivity index (χ1) is 9.85. The monoisotopic (exact) mass is 328 g/mol. The van der Waals surface area contributed by atoms with Crippen LogP contribution in [0.4, 0.5) is 13.2 Å². The van der Waals surface area contributed by atoms with Crippen molar-refractivity contribution in [1.82, 2.24) is 0 Å². The van der Waals surface area contributed by atoms with E-state index < -0.39 is 12.6 Å². The lowest BCUT2D eigenvalue weighted by Crippen LogP contribution is -2.13. The third kappa shape index (κ3) is 15.8. The number of thioether (sulfide) groups is 1. The number of hydrogen-bond donors (Lipinski definition) is 0. The number of carbonyl (C=O) groups is 1. The van der Waals surface area contributed by atoms with Crippen molar-refractivity contribution < 1.29 is 22.7 Å². The van der Waals surface area contributed by atoms with Gasteiger partial charge in [0.2, 0.25) is 0 Å². The summed E-state index contributed by atoms with van der Waals surface area (Å²) in [6, 6.07) is 0. The second-order valence-electron chi connectivity index (χ2n) is 5.25. The van der Waals surface area contributed by atoms with E-state index in [4.69, 9.17) is 4.74 Å². The van der Waals surface area contributed by atoms with Gasteiger partial charge in [0.1, 0.15) is 6.61 Å². The minimum Gasteiger partial charge on any atom is -0.465 e. The Morgan fingerprint density at radius 2 is 1.81 bits per heavy atom. The van der Waals surface area contributed by atoms with Crippen LogP contribution in [-0.4, -0.2) is 29.8 Å². The average Bonchev–Trinajstić information content (AvgIpc) is 2.40. The van der Waals surface area contributed by atoms with Gasteiger partial charge in [-0.2, -0.15) is 24.9 Å². The van der Waals surface area contributed by atoms with Crippen molar-refractivity contribution in [3.05, 3.63) is 0 Å². The summed E-state index contributed by atoms with van der Waals surface area (Å²) in [5, 5.41) is 0.241. The number of unbranched alkanes of at least 4 members (excludes halogenated alkanes) is 4. The molecule has 0 bridgehead atoms. The number of alkyl halides is 3. The summed E-state index contributed by atoms with van der Waals surface area (Å²) in [5.74, 6) is 0.760. The van der Waals surface area contributed by atoms with Crippen LogP contribution in [0.25, 0.3) is 0 Å². The standard InChI is InChI=1S/C15H27F3O2S/c1-3-4-9-14(19)20-12-13(2)21-11-8-6-5-7-10-15(16,17)18/h13H,3-12H2,1-2H3. The van der Waals surface area contributed by atoms with Gasteiger partial charge in [-0.3, -0.25) is 4.79 Å². The molecule has 126 valence electrons. The SMILES string of the molecule is CCCCC(=O)OCC(C)SCCCCCCC(F)(F)F. The Labute approximate surface area is 130 Å². The number of hydrogen-bond acceptors (Lipinski definition) is 3. The van der Waals surface area contributed by atoms with Gasteiger partial charge in [0.15, 0.2) is 0 Å². The summed E-state index contributed by atoms with van der Waals surface area (Å²) in [6.07, 6.45) is 0.205. The Hall–Kier alpha value is -0.390. The molecule has 0 N–H and O–H groups in total. The third-order valence-electron chi connectivity index (χ3n) is 2.97. The molecule has 0 rings (SSSR count). The molecule has 0 saturated heterocycles. The fourth-order valence-electron chi connectivity index (χ4n) is 1.72. The average molecular weight is 328 g/mol. The lowest BCUT2D eigenvalue weighted by atomic mass is 10.1. The smallest absolute Gasteiger partial charge is 0.389 e. The van der Waals surface area contributed by atoms with Gasteiger partial charge in [0.25, 0.3) is 0 Å². The summed E-state index contributed by atoms with van der Waals surface area (Å²) in [6.45, 7) is 4.45. The molecule has 1 atom stereocenters. The van der Waals surface area contributed by atoms with Crippen molar-refractivity contribution in [2.24, 2.45) is 0 Å². The summed E-state index contributed by atoms with van der Waals surface area (Å²) in [5.41, 5.74) is 0. The third-order valence-corrected chi connectivity index (χ3v) is 4.20. The molecule has 1 unspecified atom stereocenters. The van der Waals surface area contributed by atoms with Gasteiger partial charge in [-0.1, -0.05) is 26.2 Å². The van der Waals surface area contributed by atoms with Crippen LogP contribution in [-0.2, 0) is 9.53 Å². The van der Waals surface area contributed by atoms with Crippen molar-refractivity contribution in [2.45, 2.75) is 76.6 Å². The zero-order valence-corrected chi connectivity index (χ0v) is 13.8. The normalized spacial score (nSPS) is 13.2. The zero-order chi connectivity index (χ0) is 16.1. The van der Waals surface area contributed by atoms with Crippen LogP contribution in [0.1, 0.15) is 65.2 Å². The zero-order valence-electron chi connectivity index (χ0n) is 13.0. The molecule has 2 nitrogen and oxygen atoms in total. The summed E-state index contributed by atoms with van der Waals surface area (Å²) in [4.78, 5) is 11.3. The van der Waals surface area contributed by atoms with E-state index in [1.807, 2.05) is 13.8 Å². The van der Waals surface area contributed by atoms with Crippen molar-refractivity contribution in [3.8, 4) is 0 Å². The highest BCUT2D eigenvalue weighted by Gasteiger charge is 2.25. The molecular formula is C15H27F3O2S. The first-order valence-electron chi connectivity index (χ1n) is 7.69. The second-order valence-corrected chi connectivity index (χ2v) is 6.79. The Bertz CT molecular complexity index is 270. The van der Waals surface area contributed by atoms with Gasteiger partial charge >= 0.3 is 12.1 Å². The predicted molar refractivity (Wildman–Crippen MR) is 81.5 cm³/mol. The number of esters is 1. The van der Waals surface area contributed by atoms with Gasteiger partial charge in [-0.25, -0.2) is 0 Å². The number of halogens is 3. The Kier molecular flexibility index (Phi) is 12.0. The minimum atomic E-state index is -4.02. The van der Waals surface area contributed by atoms with E-state index in [2.05, 4.69) is 0 Å². The highest BCUT2D eigenvalue weighted by molar-refractivity contribution is 7.99. The molecule has 0 aromatic rings. The molecule has 0 spiro atoms. The lowest BCUT2D eigenvalue weighted by molar-refractivity contribution is -0.143. The molecule has 0 heterocycles. The van der Waals surface area contributed by atoms with E-state index in [-0.39, 0.29) is 17.6 Å². The fraction of sp³-hybridized carbons (Fsp3) is 0.933. The van der Waals surface area contributed by atoms with Crippen LogP contribution in [0.3, 0.4) is 0 Å². The molecule has 0 aliphatic rings. The van der Waals surface area contributed by atoms with Crippen molar-refractivity contribution >= 4 is 17.7 Å². The van der Waals surface area contributed by atoms with Crippen molar-refractivity contribution in [3.63, 3.8) is 0 Å². The van der Waals surface area contributed by atoms with Crippen LogP contribution in [0, 0.1) is 0 Å². The molecular weight excluding hydrogens is 301 g/mol. The molecule has 0 radical (unpaired) electrons. The lowest BCUT2D eigenvalue weighted by Gasteiger charge is -2.12. The van der Waals surface area contributed by atoms with Crippen LogP contribution >= 0.6 is 11.8 Å². The van der Waals surface area contributed by atoms with Gasteiger partial charge in [0, 0.05) is 18.1 Å². The highest BCUT2D eigenvalue weighted by Crippen LogP contribution is 2.23. The maximum absolute atomic E-state index is 11.9. The molecule has 21 heavy (non-hydrogen) atoms. The summed E-state index contributed by atoms with van der Waals surface area (Å²) >= 11 is 1.71. The number of ether oxygens (including phenoxy) is 1. The molecule has 0 aliphatic carbocycles. The van der Waals surface area contributed by atoms with Gasteiger partial charge < -0.3 is 4.74 Å². The van der Waals surface area contributed by atoms with E-state index in [0.29, 0.717) is 19.4 Å². The molecule has 0 aromatic heterocycles. The van der Waals surface area contributed by atoms with Crippen LogP contribution < -0.4 is 0 Å². The predicted octanol–water partition coefficient (Wildman–Crippen LogP) is 5.35. The molecule has 0 saturated carbocycles. The maximum Gasteiger partial charge on any atom is 0.389 e. The Morgan fingerprint density at radius 3 is 2.43 bits per heavy atom. The maximum atomic E-state index is 11.9. The Balaban J connectivity index is 3.37. The van der Waals surface area contributed by atoms with E-state index >= 15 is 0 Å². The summed E-state index contributed by atoms with van der Waals surface area (Å²) in [7, 11) is 0. The van der Waals surface area contributed by atoms with E-state index in [1.54, 1.807) is 11.8 Å². The van der Waals surface area contributed by atoms with Gasteiger partial charge in [-0.15, -0.1) is 0 Å². The Morgan fingerprint density at radius 1 is 1.14 bits per heavy atom. The first-order valence-corrected chi connectivity index (χ1v) is 8.74. The van der Waals surface area contributed by atoms with Gasteiger partial charge in [-0.05, 0) is 31.9 Å². The van der Waals surface area contributed by atoms with Crippen LogP contribution in [0.15, 0.2) is 0 Å². The number of carbonyl (C=O) groups excluding carboxylic acids is 1. The number of rotatable bonds is 12. The highest BCUT2D eigenvalue weighted by atomic mass is 32.2. The topological polar surface area (TPSA) is 26.3 Å². The van der Waals surface area contributed by atoms with E-state index in [1.165, 1.54) is 0 Å². The molecule has 0 fully saturated rings. The van der Waals surface area contributed by atoms with Crippen molar-refractivity contribution in [1.29, 1.82) is 0 Å². The quantitative estimate of drug-likeness (QED) is 0.356. The van der Waals surface area contributed by atoms with E-state index in [0.717, 1.165) is 31.4 Å². The van der Waals surface area contributed by atoms with Crippen molar-refractivity contribution in [2.75, 3.05) is 12.4 Å². The molecule has 0 aliphatic heterocycles. The van der Waals surface area contributed by atoms with E-state index in [9.17, 15) is 18.0 Å². The minimum absolute atomic E-state index is 0.142. The van der Waals surface area contributed by atoms with Crippen LogP contribution in [0.5, 0.6) is 0 Å². The first kappa shape index (κ1) is 20.6. The molecule has 0 aromatic carbocycles. The summed E-state index contributed by atoms with van der Waals surface area (Å²) < 4.78 is 40.9. The second kappa shape index (κ2) is 12.2. The largest absolute Gasteiger partial charge is 0.465 e. The molecule has 0 amide bonds.